The molecule has 0 radical (unpaired) electrons. The number of benzene rings is 8. The van der Waals surface area contributed by atoms with Gasteiger partial charge in [-0.25, -0.2) is 35.1 Å². The summed E-state index contributed by atoms with van der Waals surface area (Å²) in [5.41, 5.74) is 7.49. The maximum Gasteiger partial charge on any atom is 3.00 e. The van der Waals surface area contributed by atoms with Crippen molar-refractivity contribution >= 4 is 70.9 Å². The van der Waals surface area contributed by atoms with E-state index in [-0.39, 0.29) is 103 Å². The fourth-order valence-electron chi connectivity index (χ4n) is 12.7. The number of nitrogens with zero attached hydrogens (tertiary/aromatic N) is 20. The van der Waals surface area contributed by atoms with Crippen molar-refractivity contribution in [1.82, 2.24) is 39.9 Å². The molecule has 20 rings (SSSR count). The Morgan fingerprint density at radius 1 is 0.287 bits per heavy atom. The number of pyridine rings is 8. The van der Waals surface area contributed by atoms with Crippen LogP contribution in [-0.2, 0) is 112 Å². The largest absolute Gasteiger partial charge is 3.00 e. The number of anilines is 8. The van der Waals surface area contributed by atoms with Crippen molar-refractivity contribution in [3.63, 3.8) is 0 Å². The quantitative estimate of drug-likeness (QED) is 0.0570. The van der Waals surface area contributed by atoms with E-state index < -0.39 is 94.5 Å². The molecular weight excluding hydrogens is 2700 g/mol. The number of hydrazone groups is 4. The first-order valence-corrected chi connectivity index (χ1v) is 43.0. The van der Waals surface area contributed by atoms with Crippen LogP contribution in [0.2, 0.25) is 0 Å². The molecule has 16 aromatic rings. The fourth-order valence-corrected chi connectivity index (χ4v) is 12.7. The van der Waals surface area contributed by atoms with Crippen LogP contribution < -0.4 is 39.6 Å². The predicted octanol–water partition coefficient (Wildman–Crippen LogP) is 26.5. The first kappa shape index (κ1) is 119. The van der Waals surface area contributed by atoms with Crippen molar-refractivity contribution < 1.29 is 168 Å². The maximum absolute atomic E-state index is 13.4. The Bertz CT molecular complexity index is 6610. The molecule has 0 fully saturated rings. The van der Waals surface area contributed by atoms with Crippen LogP contribution in [0, 0.1) is 130 Å². The topological polar surface area (TPSA) is 178 Å². The summed E-state index contributed by atoms with van der Waals surface area (Å²) in [4.78, 5) is 35.4. The average Bonchev–Trinajstić information content (AvgIpc) is 1.64. The van der Waals surface area contributed by atoms with E-state index in [0.29, 0.717) is 51.4 Å². The molecular formula is C106H72F20Ir4N20. The molecule has 0 spiro atoms. The van der Waals surface area contributed by atoms with Crippen molar-refractivity contribution in [1.29, 1.82) is 0 Å². The molecule has 0 atom stereocenters. The molecule has 0 aliphatic carbocycles. The Morgan fingerprint density at radius 3 is 0.807 bits per heavy atom. The molecule has 12 heterocycles. The summed E-state index contributed by atoms with van der Waals surface area (Å²) >= 11 is 0. The number of halogens is 20. The number of alkyl halides is 12. The van der Waals surface area contributed by atoms with Gasteiger partial charge in [-0.05, 0) is 115 Å². The van der Waals surface area contributed by atoms with Gasteiger partial charge in [0.2, 0.25) is 0 Å². The average molecular weight is 2770 g/mol. The summed E-state index contributed by atoms with van der Waals surface area (Å²) in [5, 5.41) is 22.3. The molecule has 0 saturated carbocycles. The van der Waals surface area contributed by atoms with E-state index >= 15 is 0 Å². The van der Waals surface area contributed by atoms with E-state index in [0.717, 1.165) is 119 Å². The van der Waals surface area contributed by atoms with E-state index in [9.17, 15) is 87.8 Å². The monoisotopic (exact) mass is 2780 g/mol. The third-order valence-electron chi connectivity index (χ3n) is 20.1. The Kier molecular flexibility index (Phi) is 43.9. The number of hydrogen-bond donors (Lipinski definition) is 0. The standard InChI is InChI=1S/4C15H10F3N3.C13H11F2N2.C12H9F2N2.C11H7F2N2.C10H5F2N2.4Ir/c4*16-15(17,18)12-6-8-14(9-7-12)21-11-20(10-19-21)13-4-2-1-3-5-13;1-8(2)9-5-6-16-11(7-9)10-3-4-12(14)17-13(10)15;1-2-8-5-6-15-10(7-8)9-3-4-11(13)16-12(9)14;1-7-4-5-14-9(6-7)8-2-3-10(12)15-11(8)13;11-9-5-4-7(10(12)14-9)8-3-1-2-6-13-8;;;;/h4*1-8,10-11H;4-8H,1-2H3;4-7H,2H2,1H3;3-6H,1H3;1-3,5-6H;;;;/q4*-2;4*-1;4*+3. The number of aryl methyl sites for hydroxylation is 2. The second-order valence-corrected chi connectivity index (χ2v) is 30.6. The van der Waals surface area contributed by atoms with Crippen LogP contribution in [0.25, 0.3) is 45.0 Å². The molecule has 20 nitrogen and oxygen atoms in total. The summed E-state index contributed by atoms with van der Waals surface area (Å²) in [6.45, 7) is 14.6. The van der Waals surface area contributed by atoms with Crippen LogP contribution in [-0.4, -0.2) is 65.2 Å². The summed E-state index contributed by atoms with van der Waals surface area (Å²) < 4.78 is 253. The van der Waals surface area contributed by atoms with E-state index in [1.54, 1.807) is 133 Å². The van der Waals surface area contributed by atoms with Gasteiger partial charge in [-0.3, -0.25) is 19.9 Å². The zero-order valence-electron chi connectivity index (χ0n) is 77.5. The molecule has 0 unspecified atom stereocenters. The molecule has 150 heavy (non-hydrogen) atoms. The van der Waals surface area contributed by atoms with Gasteiger partial charge in [0, 0.05) is 47.5 Å². The van der Waals surface area contributed by atoms with Gasteiger partial charge in [-0.15, -0.1) is 75.2 Å². The molecule has 4 aliphatic heterocycles. The minimum atomic E-state index is -4.36. The first-order chi connectivity index (χ1) is 69.9. The first-order valence-electron chi connectivity index (χ1n) is 43.0. The molecule has 0 amide bonds. The van der Waals surface area contributed by atoms with Crippen molar-refractivity contribution in [2.45, 2.75) is 64.7 Å². The smallest absolute Gasteiger partial charge is 0.463 e. The molecule has 772 valence electrons. The number of rotatable bonds is 14. The zero-order valence-corrected chi connectivity index (χ0v) is 87.1. The van der Waals surface area contributed by atoms with Gasteiger partial charge in [-0.1, -0.05) is 232 Å². The Balaban J connectivity index is 0.000000190. The molecule has 8 aromatic heterocycles. The Hall–Kier alpha value is -14.8. The van der Waals surface area contributed by atoms with Crippen LogP contribution in [0.1, 0.15) is 65.6 Å². The zero-order chi connectivity index (χ0) is 104. The Labute approximate surface area is 901 Å². The van der Waals surface area contributed by atoms with Gasteiger partial charge in [0.15, 0.2) is 0 Å². The molecule has 44 heteroatoms. The van der Waals surface area contributed by atoms with Crippen LogP contribution in [0.3, 0.4) is 0 Å². The van der Waals surface area contributed by atoms with Gasteiger partial charge >= 0.3 is 105 Å². The number of hydrogen-bond acceptors (Lipinski definition) is 20. The normalized spacial score (nSPS) is 12.6. The van der Waals surface area contributed by atoms with Gasteiger partial charge in [0.25, 0.3) is 0 Å². The van der Waals surface area contributed by atoms with Crippen molar-refractivity contribution in [2.24, 2.45) is 20.4 Å². The predicted molar refractivity (Wildman–Crippen MR) is 511 cm³/mol. The molecule has 0 bridgehead atoms. The van der Waals surface area contributed by atoms with Gasteiger partial charge < -0.3 is 59.6 Å². The second kappa shape index (κ2) is 55.5. The maximum atomic E-state index is 13.4. The van der Waals surface area contributed by atoms with E-state index in [2.05, 4.69) is 109 Å². The van der Waals surface area contributed by atoms with E-state index in [1.165, 1.54) is 50.5 Å². The number of aromatic nitrogens is 8. The fraction of sp³-hybridized carbons (Fsp3) is 0.0943. The molecule has 0 N–H and O–H groups in total. The minimum absolute atomic E-state index is 0. The van der Waals surface area contributed by atoms with Crippen LogP contribution in [0.15, 0.2) is 318 Å². The number of para-hydroxylation sites is 4. The van der Waals surface area contributed by atoms with Gasteiger partial charge in [-0.2, -0.15) is 146 Å². The minimum Gasteiger partial charge on any atom is -0.463 e. The third-order valence-corrected chi connectivity index (χ3v) is 20.1. The van der Waals surface area contributed by atoms with Crippen LogP contribution >= 0.6 is 0 Å². The third kappa shape index (κ3) is 34.1. The summed E-state index contributed by atoms with van der Waals surface area (Å²) in [5.74, 6) is -6.80. The van der Waals surface area contributed by atoms with Crippen molar-refractivity contribution in [2.75, 3.05) is 39.6 Å². The van der Waals surface area contributed by atoms with Crippen LogP contribution in [0.5, 0.6) is 0 Å². The van der Waals surface area contributed by atoms with E-state index in [4.69, 9.17) is 0 Å². The van der Waals surface area contributed by atoms with Gasteiger partial charge in [0.1, 0.15) is 47.6 Å². The summed E-state index contributed by atoms with van der Waals surface area (Å²) in [7, 11) is 0. The van der Waals surface area contributed by atoms with Crippen molar-refractivity contribution in [3.8, 4) is 45.0 Å². The molecule has 8 aromatic carbocycles. The van der Waals surface area contributed by atoms with E-state index in [1.807, 2.05) is 161 Å². The van der Waals surface area contributed by atoms with Crippen molar-refractivity contribution in [3.05, 3.63) is 460 Å². The Morgan fingerprint density at radius 2 is 0.553 bits per heavy atom. The second-order valence-electron chi connectivity index (χ2n) is 30.6. The molecule has 0 saturated heterocycles. The van der Waals surface area contributed by atoms with Gasteiger partial charge in [0.05, 0.1) is 25.4 Å². The molecule has 4 aliphatic rings. The summed E-state index contributed by atoms with van der Waals surface area (Å²) in [6.07, 6.45) is -4.01. The van der Waals surface area contributed by atoms with Crippen LogP contribution in [0.4, 0.5) is 133 Å². The summed E-state index contributed by atoms with van der Waals surface area (Å²) in [6, 6.07) is 91.1. The SMILES string of the molecule is CC(C)c1ccnc(-c2[c-]cc(F)nc2F)c1.CCc1ccnc(-c2[c-]cc(F)nc2F)c1.Cc1ccnc(-c2[c-]cc(F)nc2F)c1.FC(F)(F)c1c[c-]c(N2[CH-]N(c3ccccc3)C=N2)cc1.FC(F)(F)c1c[c-]c(N2[CH-]N(c3ccccc3)C=N2)cc1.FC(F)(F)c1c[c-]c(N2[CH-]N(c3ccccc3)C=N2)cc1.FC(F)(F)c1c[c-]c(N2[CH-]N(c3ccccc3)C=N2)cc1.Fc1c[c-]c(-c2ccccn2)c(F)n1.[Ir+3].[Ir+3].[Ir+3].[Ir+3].